The average molecular weight is 357 g/mol. The maximum Gasteiger partial charge on any atom is 0.397 e. The van der Waals surface area contributed by atoms with E-state index in [1.165, 1.54) is 5.56 Å². The Morgan fingerprint density at radius 1 is 0.833 bits per heavy atom. The Hall–Kier alpha value is -0.910. The fourth-order valence-corrected chi connectivity index (χ4v) is 3.00. The van der Waals surface area contributed by atoms with Crippen LogP contribution >= 0.6 is 0 Å². The molecule has 0 aliphatic carbocycles. The molecule has 0 saturated heterocycles. The van der Waals surface area contributed by atoms with Gasteiger partial charge in [-0.15, -0.1) is 0 Å². The molecule has 0 atom stereocenters. The van der Waals surface area contributed by atoms with E-state index in [9.17, 15) is 8.42 Å². The molecule has 0 aliphatic rings. The van der Waals surface area contributed by atoms with Crippen molar-refractivity contribution in [1.82, 2.24) is 0 Å². The van der Waals surface area contributed by atoms with Gasteiger partial charge < -0.3 is 0 Å². The summed E-state index contributed by atoms with van der Waals surface area (Å²) in [6, 6.07) is 4.27. The van der Waals surface area contributed by atoms with Gasteiger partial charge in [-0.3, -0.25) is 4.55 Å². The second-order valence-corrected chi connectivity index (χ2v) is 10.6. The highest BCUT2D eigenvalue weighted by molar-refractivity contribution is 7.80. The van der Waals surface area contributed by atoms with Gasteiger partial charge in [-0.05, 0) is 38.5 Å². The summed E-state index contributed by atoms with van der Waals surface area (Å²) in [7, 11) is -4.49. The molecule has 1 N–H and O–H groups in total. The van der Waals surface area contributed by atoms with Crippen LogP contribution in [0.25, 0.3) is 0 Å². The zero-order valence-electron chi connectivity index (χ0n) is 16.4. The number of hydrogen-bond acceptors (Lipinski definition) is 3. The predicted molar refractivity (Wildman–Crippen MR) is 98.9 cm³/mol. The SMILES string of the molecule is CC(C)(C)c1cc(C(C)(C)C)c(COS(=O)(=O)O)c(C(C)(C)C)c1. The van der Waals surface area contributed by atoms with Crippen LogP contribution in [0.5, 0.6) is 0 Å². The van der Waals surface area contributed by atoms with Crippen LogP contribution in [0.4, 0.5) is 0 Å². The normalized spacial score (nSPS) is 14.1. The van der Waals surface area contributed by atoms with Gasteiger partial charge in [-0.25, -0.2) is 4.18 Å². The van der Waals surface area contributed by atoms with Crippen molar-refractivity contribution in [1.29, 1.82) is 0 Å². The monoisotopic (exact) mass is 356 g/mol. The Morgan fingerprint density at radius 3 is 1.46 bits per heavy atom. The minimum atomic E-state index is -4.49. The number of benzene rings is 1. The molecule has 138 valence electrons. The van der Waals surface area contributed by atoms with Crippen LogP contribution in [0.15, 0.2) is 12.1 Å². The summed E-state index contributed by atoms with van der Waals surface area (Å²) < 4.78 is 35.9. The molecule has 1 rings (SSSR count). The van der Waals surface area contributed by atoms with E-state index in [2.05, 4.69) is 74.4 Å². The number of rotatable bonds is 3. The lowest BCUT2D eigenvalue weighted by atomic mass is 9.72. The van der Waals surface area contributed by atoms with Crippen molar-refractivity contribution in [2.24, 2.45) is 0 Å². The minimum absolute atomic E-state index is 0.0254. The van der Waals surface area contributed by atoms with Gasteiger partial charge in [-0.2, -0.15) is 8.42 Å². The maximum atomic E-state index is 11.1. The van der Waals surface area contributed by atoms with Crippen molar-refractivity contribution in [2.45, 2.75) is 85.2 Å². The minimum Gasteiger partial charge on any atom is -0.264 e. The van der Waals surface area contributed by atoms with E-state index in [4.69, 9.17) is 8.74 Å². The Kier molecular flexibility index (Phi) is 5.66. The van der Waals surface area contributed by atoms with Gasteiger partial charge in [0.15, 0.2) is 0 Å². The Bertz CT molecular complexity index is 661. The van der Waals surface area contributed by atoms with Crippen molar-refractivity contribution in [3.05, 3.63) is 34.4 Å². The molecular weight excluding hydrogens is 324 g/mol. The van der Waals surface area contributed by atoms with E-state index in [0.717, 1.165) is 16.7 Å². The second-order valence-electron chi connectivity index (χ2n) is 9.49. The molecule has 0 aromatic heterocycles. The molecule has 5 heteroatoms. The van der Waals surface area contributed by atoms with E-state index in [1.54, 1.807) is 0 Å². The molecule has 0 saturated carbocycles. The van der Waals surface area contributed by atoms with Crippen LogP contribution in [0, 0.1) is 0 Å². The first-order valence-corrected chi connectivity index (χ1v) is 9.59. The smallest absolute Gasteiger partial charge is 0.264 e. The van der Waals surface area contributed by atoms with Crippen LogP contribution in [0.3, 0.4) is 0 Å². The van der Waals surface area contributed by atoms with Crippen molar-refractivity contribution in [3.63, 3.8) is 0 Å². The standard InChI is InChI=1S/C19H32O4S/c1-17(2,3)13-10-15(18(4,5)6)14(12-23-24(20,21)22)16(11-13)19(7,8)9/h10-11H,12H2,1-9H3,(H,20,21,22). The highest BCUT2D eigenvalue weighted by Gasteiger charge is 2.29. The Balaban J connectivity index is 3.74. The fourth-order valence-electron chi connectivity index (χ4n) is 2.73. The van der Waals surface area contributed by atoms with Gasteiger partial charge in [0.1, 0.15) is 0 Å². The molecule has 1 aromatic rings. The third-order valence-electron chi connectivity index (χ3n) is 4.08. The largest absolute Gasteiger partial charge is 0.397 e. The summed E-state index contributed by atoms with van der Waals surface area (Å²) in [4.78, 5) is 0. The first-order chi connectivity index (χ1) is 10.4. The molecule has 1 aromatic carbocycles. The lowest BCUT2D eigenvalue weighted by molar-refractivity contribution is 0.255. The summed E-state index contributed by atoms with van der Waals surface area (Å²) in [5, 5.41) is 0. The molecule has 0 amide bonds. The summed E-state index contributed by atoms with van der Waals surface area (Å²) in [6.45, 7) is 18.9. The molecule has 0 unspecified atom stereocenters. The highest BCUT2D eigenvalue weighted by atomic mass is 32.3. The zero-order valence-corrected chi connectivity index (χ0v) is 17.3. The van der Waals surface area contributed by atoms with E-state index >= 15 is 0 Å². The van der Waals surface area contributed by atoms with Crippen LogP contribution in [0.1, 0.15) is 84.6 Å². The van der Waals surface area contributed by atoms with Crippen LogP contribution in [0.2, 0.25) is 0 Å². The lowest BCUT2D eigenvalue weighted by Gasteiger charge is -2.33. The highest BCUT2D eigenvalue weighted by Crippen LogP contribution is 2.38. The van der Waals surface area contributed by atoms with E-state index < -0.39 is 10.4 Å². The molecule has 0 aliphatic heterocycles. The molecule has 24 heavy (non-hydrogen) atoms. The molecule has 4 nitrogen and oxygen atoms in total. The first kappa shape index (κ1) is 21.1. The quantitative estimate of drug-likeness (QED) is 0.783. The van der Waals surface area contributed by atoms with Crippen LogP contribution in [-0.4, -0.2) is 13.0 Å². The average Bonchev–Trinajstić information content (AvgIpc) is 2.30. The van der Waals surface area contributed by atoms with E-state index in [1.807, 2.05) is 0 Å². The molecule has 0 heterocycles. The van der Waals surface area contributed by atoms with Gasteiger partial charge in [0, 0.05) is 0 Å². The van der Waals surface area contributed by atoms with Crippen molar-refractivity contribution < 1.29 is 17.2 Å². The van der Waals surface area contributed by atoms with Crippen molar-refractivity contribution in [3.8, 4) is 0 Å². The molecular formula is C19H32O4S. The van der Waals surface area contributed by atoms with Gasteiger partial charge in [0.25, 0.3) is 0 Å². The van der Waals surface area contributed by atoms with Crippen molar-refractivity contribution in [2.75, 3.05) is 0 Å². The first-order valence-electron chi connectivity index (χ1n) is 8.23. The molecule has 0 fully saturated rings. The third-order valence-corrected chi connectivity index (χ3v) is 4.50. The van der Waals surface area contributed by atoms with Crippen molar-refractivity contribution >= 4 is 10.4 Å². The molecule has 0 radical (unpaired) electrons. The fraction of sp³-hybridized carbons (Fsp3) is 0.684. The summed E-state index contributed by atoms with van der Waals surface area (Å²) in [5.41, 5.74) is 3.74. The van der Waals surface area contributed by atoms with Gasteiger partial charge >= 0.3 is 10.4 Å². The maximum absolute atomic E-state index is 11.1. The molecule has 0 spiro atoms. The number of hydrogen-bond donors (Lipinski definition) is 1. The van der Waals surface area contributed by atoms with E-state index in [0.29, 0.717) is 0 Å². The van der Waals surface area contributed by atoms with Crippen LogP contribution in [-0.2, 0) is 37.4 Å². The summed E-state index contributed by atoms with van der Waals surface area (Å²) in [5.74, 6) is 0. The van der Waals surface area contributed by atoms with Gasteiger partial charge in [-0.1, -0.05) is 74.4 Å². The molecule has 0 bridgehead atoms. The Morgan fingerprint density at radius 2 is 1.21 bits per heavy atom. The van der Waals surface area contributed by atoms with Gasteiger partial charge in [0.05, 0.1) is 6.61 Å². The topological polar surface area (TPSA) is 63.6 Å². The zero-order chi connectivity index (χ0) is 19.1. The summed E-state index contributed by atoms with van der Waals surface area (Å²) in [6.07, 6.45) is 0. The van der Waals surface area contributed by atoms with Gasteiger partial charge in [0.2, 0.25) is 0 Å². The lowest BCUT2D eigenvalue weighted by Crippen LogP contribution is -2.25. The Labute approximate surface area is 147 Å². The third kappa shape index (κ3) is 5.57. The second kappa shape index (κ2) is 6.43. The predicted octanol–water partition coefficient (Wildman–Crippen LogP) is 4.90. The van der Waals surface area contributed by atoms with Crippen LogP contribution < -0.4 is 0 Å². The summed E-state index contributed by atoms with van der Waals surface area (Å²) >= 11 is 0. The van der Waals surface area contributed by atoms with E-state index in [-0.39, 0.29) is 22.9 Å².